The zero-order chi connectivity index (χ0) is 26.2. The van der Waals surface area contributed by atoms with E-state index in [1.54, 1.807) is 36.3 Å². The van der Waals surface area contributed by atoms with Gasteiger partial charge in [-0.25, -0.2) is 4.99 Å². The van der Waals surface area contributed by atoms with Gasteiger partial charge < -0.3 is 16.0 Å². The minimum atomic E-state index is -0.366. The fraction of sp³-hybridized carbons (Fsp3) is 0.357. The van der Waals surface area contributed by atoms with E-state index in [0.717, 1.165) is 48.0 Å². The third kappa shape index (κ3) is 4.30. The number of hydrogen-bond donors (Lipinski definition) is 4. The van der Waals surface area contributed by atoms with Crippen molar-refractivity contribution in [1.29, 1.82) is 0 Å². The van der Waals surface area contributed by atoms with Gasteiger partial charge in [-0.2, -0.15) is 5.10 Å². The van der Waals surface area contributed by atoms with Gasteiger partial charge in [-0.15, -0.1) is 0 Å². The maximum atomic E-state index is 13.9. The molecule has 3 aromatic rings. The summed E-state index contributed by atoms with van der Waals surface area (Å²) < 4.78 is 0. The number of hydrogen-bond acceptors (Lipinski definition) is 7. The Labute approximate surface area is 221 Å². The summed E-state index contributed by atoms with van der Waals surface area (Å²) in [5.41, 5.74) is 3.77. The second-order valence-electron chi connectivity index (χ2n) is 10.1. The van der Waals surface area contributed by atoms with Gasteiger partial charge in [0, 0.05) is 41.6 Å². The molecule has 1 saturated heterocycles. The molecule has 0 spiro atoms. The fourth-order valence-electron chi connectivity index (χ4n) is 5.82. The summed E-state index contributed by atoms with van der Waals surface area (Å²) >= 11 is 0. The number of anilines is 2. The number of aromatic amines is 1. The average molecular weight is 513 g/mol. The van der Waals surface area contributed by atoms with Crippen molar-refractivity contribution in [2.75, 3.05) is 17.3 Å². The first-order valence-electron chi connectivity index (χ1n) is 13.2. The van der Waals surface area contributed by atoms with Crippen LogP contribution in [0.1, 0.15) is 49.4 Å². The number of nitrogens with one attached hydrogen (secondary N) is 4. The molecule has 2 atom stereocenters. The van der Waals surface area contributed by atoms with Crippen LogP contribution in [0, 0.1) is 0 Å². The van der Waals surface area contributed by atoms with Crippen molar-refractivity contribution in [3.8, 4) is 0 Å². The number of carbonyl (C=O) groups excluding carboxylic acids is 2. The lowest BCUT2D eigenvalue weighted by Gasteiger charge is -2.49. The topological polar surface area (TPSA) is 118 Å². The van der Waals surface area contributed by atoms with Crippen molar-refractivity contribution in [3.63, 3.8) is 0 Å². The number of piperazine rings is 1. The third-order valence-corrected chi connectivity index (χ3v) is 7.73. The van der Waals surface area contributed by atoms with Crippen LogP contribution in [0.25, 0.3) is 10.9 Å². The molecule has 2 amide bonds. The molecule has 10 nitrogen and oxygen atoms in total. The highest BCUT2D eigenvalue weighted by Crippen LogP contribution is 2.37. The Morgan fingerprint density at radius 3 is 2.76 bits per heavy atom. The normalized spacial score (nSPS) is 22.4. The predicted octanol–water partition coefficient (Wildman–Crippen LogP) is 3.53. The van der Waals surface area contributed by atoms with Gasteiger partial charge in [-0.1, -0.05) is 25.3 Å². The van der Waals surface area contributed by atoms with E-state index in [2.05, 4.69) is 31.0 Å². The maximum absolute atomic E-state index is 13.9. The number of carbonyl (C=O) groups is 2. The molecule has 196 valence electrons. The van der Waals surface area contributed by atoms with Gasteiger partial charge in [0.1, 0.15) is 6.17 Å². The third-order valence-electron chi connectivity index (χ3n) is 7.73. The number of aromatic nitrogens is 2. The Balaban J connectivity index is 1.37. The maximum Gasteiger partial charge on any atom is 0.251 e. The molecule has 2 aliphatic heterocycles. The number of H-pyrrole nitrogens is 1. The summed E-state index contributed by atoms with van der Waals surface area (Å²) in [4.78, 5) is 35.3. The van der Waals surface area contributed by atoms with Crippen LogP contribution in [0.3, 0.4) is 0 Å². The summed E-state index contributed by atoms with van der Waals surface area (Å²) in [5.74, 6) is 0.397. The van der Waals surface area contributed by atoms with E-state index in [1.807, 2.05) is 37.4 Å². The van der Waals surface area contributed by atoms with Gasteiger partial charge in [0.25, 0.3) is 5.91 Å². The van der Waals surface area contributed by atoms with Crippen LogP contribution in [-0.4, -0.2) is 58.2 Å². The first-order valence-corrected chi connectivity index (χ1v) is 13.2. The van der Waals surface area contributed by atoms with E-state index < -0.39 is 0 Å². The fourth-order valence-corrected chi connectivity index (χ4v) is 5.82. The minimum Gasteiger partial charge on any atom is -0.355 e. The Morgan fingerprint density at radius 1 is 1.11 bits per heavy atom. The van der Waals surface area contributed by atoms with Gasteiger partial charge in [0.2, 0.25) is 11.9 Å². The van der Waals surface area contributed by atoms with Crippen LogP contribution in [0.15, 0.2) is 65.6 Å². The molecule has 2 fully saturated rings. The van der Waals surface area contributed by atoms with Crippen LogP contribution < -0.4 is 20.9 Å². The number of fused-ring (bicyclic) bond motifs is 2. The largest absolute Gasteiger partial charge is 0.355 e. The van der Waals surface area contributed by atoms with Crippen molar-refractivity contribution in [2.24, 2.45) is 4.99 Å². The monoisotopic (exact) mass is 512 g/mol. The Morgan fingerprint density at radius 2 is 1.95 bits per heavy atom. The lowest BCUT2D eigenvalue weighted by molar-refractivity contribution is -0.127. The zero-order valence-corrected chi connectivity index (χ0v) is 21.6. The number of nitrogens with zero attached hydrogens (tertiary/aromatic N) is 4. The second-order valence-corrected chi connectivity index (χ2v) is 10.1. The van der Waals surface area contributed by atoms with E-state index in [1.165, 1.54) is 6.42 Å². The number of amides is 2. The first kappa shape index (κ1) is 24.2. The summed E-state index contributed by atoms with van der Waals surface area (Å²) in [6, 6.07) is 13.1. The summed E-state index contributed by atoms with van der Waals surface area (Å²) in [5, 5.41) is 17.4. The van der Waals surface area contributed by atoms with E-state index in [9.17, 15) is 9.59 Å². The predicted molar refractivity (Wildman–Crippen MR) is 148 cm³/mol. The van der Waals surface area contributed by atoms with Crippen molar-refractivity contribution in [3.05, 3.63) is 66.1 Å². The molecule has 3 heterocycles. The van der Waals surface area contributed by atoms with Crippen LogP contribution in [-0.2, 0) is 4.79 Å². The highest BCUT2D eigenvalue weighted by atomic mass is 16.2. The standard InChI is InChI=1S/C28H32N8O2/c1-17-27(38)36(22-10-6-7-18(14-22)26(37)29-2)24-16-30-28(32-20-11-12-23-19(13-20)15-31-34-23)33-25(24)35(17)21-8-4-3-5-9-21/h6-7,10-17,21,25H,3-5,8-9H2,1-2H3,(H,29,37)(H,31,34)(H2,30,32,33)/t17-,25?/m1/s1. The Kier molecular flexibility index (Phi) is 6.32. The van der Waals surface area contributed by atoms with Crippen LogP contribution >= 0.6 is 0 Å². The molecule has 1 unspecified atom stereocenters. The minimum absolute atomic E-state index is 0.0223. The second kappa shape index (κ2) is 9.94. The molecule has 38 heavy (non-hydrogen) atoms. The van der Waals surface area contributed by atoms with Crippen LogP contribution in [0.4, 0.5) is 11.4 Å². The molecule has 2 aromatic carbocycles. The molecule has 1 saturated carbocycles. The zero-order valence-electron chi connectivity index (χ0n) is 21.6. The average Bonchev–Trinajstić information content (AvgIpc) is 3.42. The van der Waals surface area contributed by atoms with Gasteiger partial charge in [0.15, 0.2) is 0 Å². The highest BCUT2D eigenvalue weighted by molar-refractivity contribution is 6.04. The van der Waals surface area contributed by atoms with Crippen LogP contribution in [0.2, 0.25) is 0 Å². The van der Waals surface area contributed by atoms with E-state index >= 15 is 0 Å². The molecule has 1 aliphatic carbocycles. The Bertz CT molecular complexity index is 1440. The number of benzene rings is 2. The molecular weight excluding hydrogens is 480 g/mol. The quantitative estimate of drug-likeness (QED) is 0.425. The molecule has 0 bridgehead atoms. The Hall–Kier alpha value is -4.18. The highest BCUT2D eigenvalue weighted by Gasteiger charge is 2.46. The SMILES string of the molecule is CNC(=O)c1cccc(N2C(=O)[C@@H](C)N(C3CCCCC3)C3N=C(Nc4ccc5[nH]ncc5c4)NC=C32)c1. The summed E-state index contributed by atoms with van der Waals surface area (Å²) in [7, 11) is 1.60. The van der Waals surface area contributed by atoms with Gasteiger partial charge in [0.05, 0.1) is 23.5 Å². The number of aliphatic imine (C=N–C) groups is 1. The molecule has 10 heteroatoms. The summed E-state index contributed by atoms with van der Waals surface area (Å²) in [6.45, 7) is 1.97. The van der Waals surface area contributed by atoms with Crippen molar-refractivity contribution in [2.45, 2.75) is 57.3 Å². The van der Waals surface area contributed by atoms with Crippen molar-refractivity contribution < 1.29 is 9.59 Å². The van der Waals surface area contributed by atoms with E-state index in [4.69, 9.17) is 4.99 Å². The lowest BCUT2D eigenvalue weighted by Crippen LogP contribution is -2.64. The van der Waals surface area contributed by atoms with Gasteiger partial charge in [-0.3, -0.25) is 24.5 Å². The van der Waals surface area contributed by atoms with Crippen molar-refractivity contribution in [1.82, 2.24) is 25.7 Å². The molecule has 4 N–H and O–H groups in total. The van der Waals surface area contributed by atoms with E-state index in [0.29, 0.717) is 17.2 Å². The molecule has 0 radical (unpaired) electrons. The lowest BCUT2D eigenvalue weighted by atomic mass is 9.91. The summed E-state index contributed by atoms with van der Waals surface area (Å²) in [6.07, 6.45) is 8.95. The molecule has 3 aliphatic rings. The van der Waals surface area contributed by atoms with Gasteiger partial charge >= 0.3 is 0 Å². The van der Waals surface area contributed by atoms with Crippen molar-refractivity contribution >= 4 is 40.1 Å². The van der Waals surface area contributed by atoms with Crippen LogP contribution in [0.5, 0.6) is 0 Å². The smallest absolute Gasteiger partial charge is 0.251 e. The number of guanidine groups is 1. The first-order chi connectivity index (χ1) is 18.5. The van der Waals surface area contributed by atoms with E-state index in [-0.39, 0.29) is 30.1 Å². The molecular formula is C28H32N8O2. The number of rotatable bonds is 4. The molecule has 1 aromatic heterocycles. The molecule has 6 rings (SSSR count). The van der Waals surface area contributed by atoms with Gasteiger partial charge in [-0.05, 0) is 56.2 Å².